The number of methoxy groups -OCH3 is 1. The van der Waals surface area contributed by atoms with Crippen LogP contribution >= 0.6 is 0 Å². The van der Waals surface area contributed by atoms with Crippen molar-refractivity contribution in [3.8, 4) is 0 Å². The average Bonchev–Trinajstić information content (AvgIpc) is 2.52. The van der Waals surface area contributed by atoms with Gasteiger partial charge in [-0.15, -0.1) is 0 Å². The third-order valence-corrected chi connectivity index (χ3v) is 3.37. The summed E-state index contributed by atoms with van der Waals surface area (Å²) < 4.78 is 4.87. The summed E-state index contributed by atoms with van der Waals surface area (Å²) in [4.78, 5) is 13.9. The molecule has 118 valence electrons. The second-order valence-electron chi connectivity index (χ2n) is 4.88. The van der Waals surface area contributed by atoms with Gasteiger partial charge in [-0.05, 0) is 24.2 Å². The monoisotopic (exact) mass is 293 g/mol. The molecule has 5 heteroatoms. The first-order valence-electron chi connectivity index (χ1n) is 7.50. The predicted octanol–water partition coefficient (Wildman–Crippen LogP) is 1.97. The minimum Gasteiger partial charge on any atom is -0.383 e. The molecule has 1 aromatic rings. The fourth-order valence-corrected chi connectivity index (χ4v) is 1.98. The molecule has 2 amide bonds. The lowest BCUT2D eigenvalue weighted by molar-refractivity contribution is 0.196. The van der Waals surface area contributed by atoms with E-state index in [4.69, 9.17) is 4.74 Å². The Balaban J connectivity index is 2.35. The molecular formula is C16H27N3O2. The molecule has 0 aliphatic rings. The number of nitrogens with one attached hydrogen (secondary N) is 2. The van der Waals surface area contributed by atoms with E-state index in [-0.39, 0.29) is 6.03 Å². The van der Waals surface area contributed by atoms with E-state index in [1.807, 2.05) is 0 Å². The first-order chi connectivity index (χ1) is 10.2. The van der Waals surface area contributed by atoms with Crippen molar-refractivity contribution in [3.63, 3.8) is 0 Å². The molecule has 0 heterocycles. The van der Waals surface area contributed by atoms with Crippen molar-refractivity contribution in [1.29, 1.82) is 0 Å². The topological polar surface area (TPSA) is 53.6 Å². The average molecular weight is 293 g/mol. The summed E-state index contributed by atoms with van der Waals surface area (Å²) in [5.74, 6) is 0. The SMILES string of the molecule is CCN(CC)Cc1ccc(CNC(=O)NCCOC)cc1. The largest absolute Gasteiger partial charge is 0.383 e. The zero-order valence-corrected chi connectivity index (χ0v) is 13.3. The molecule has 0 spiro atoms. The molecule has 0 unspecified atom stereocenters. The van der Waals surface area contributed by atoms with Crippen LogP contribution in [0, 0.1) is 0 Å². The van der Waals surface area contributed by atoms with Gasteiger partial charge in [0.2, 0.25) is 0 Å². The van der Waals surface area contributed by atoms with Crippen molar-refractivity contribution in [2.75, 3.05) is 33.4 Å². The van der Waals surface area contributed by atoms with Crippen molar-refractivity contribution < 1.29 is 9.53 Å². The van der Waals surface area contributed by atoms with Crippen LogP contribution in [-0.4, -0.2) is 44.3 Å². The Morgan fingerprint density at radius 2 is 1.71 bits per heavy atom. The Hall–Kier alpha value is -1.59. The molecule has 0 radical (unpaired) electrons. The van der Waals surface area contributed by atoms with Crippen LogP contribution in [0.15, 0.2) is 24.3 Å². The molecule has 1 rings (SSSR count). The fraction of sp³-hybridized carbons (Fsp3) is 0.562. The van der Waals surface area contributed by atoms with Gasteiger partial charge in [0.15, 0.2) is 0 Å². The van der Waals surface area contributed by atoms with Gasteiger partial charge in [0, 0.05) is 26.7 Å². The lowest BCUT2D eigenvalue weighted by Gasteiger charge is -2.18. The number of hydrogen-bond acceptors (Lipinski definition) is 3. The van der Waals surface area contributed by atoms with E-state index in [1.54, 1.807) is 7.11 Å². The van der Waals surface area contributed by atoms with Gasteiger partial charge in [0.1, 0.15) is 0 Å². The van der Waals surface area contributed by atoms with Crippen molar-refractivity contribution in [3.05, 3.63) is 35.4 Å². The predicted molar refractivity (Wildman–Crippen MR) is 85.2 cm³/mol. The maximum Gasteiger partial charge on any atom is 0.315 e. The molecule has 2 N–H and O–H groups in total. The molecule has 0 aromatic heterocycles. The number of ether oxygens (including phenoxy) is 1. The highest BCUT2D eigenvalue weighted by atomic mass is 16.5. The number of benzene rings is 1. The number of hydrogen-bond donors (Lipinski definition) is 2. The molecular weight excluding hydrogens is 266 g/mol. The van der Waals surface area contributed by atoms with E-state index in [0.717, 1.165) is 25.2 Å². The number of rotatable bonds is 9. The van der Waals surface area contributed by atoms with Gasteiger partial charge in [-0.3, -0.25) is 4.90 Å². The van der Waals surface area contributed by atoms with E-state index in [9.17, 15) is 4.79 Å². The van der Waals surface area contributed by atoms with Gasteiger partial charge in [-0.2, -0.15) is 0 Å². The second-order valence-corrected chi connectivity index (χ2v) is 4.88. The van der Waals surface area contributed by atoms with Crippen LogP contribution < -0.4 is 10.6 Å². The Morgan fingerprint density at radius 1 is 1.10 bits per heavy atom. The molecule has 0 bridgehead atoms. The van der Waals surface area contributed by atoms with Gasteiger partial charge in [-0.25, -0.2) is 4.79 Å². The van der Waals surface area contributed by atoms with Gasteiger partial charge in [0.25, 0.3) is 0 Å². The molecule has 0 saturated heterocycles. The molecule has 21 heavy (non-hydrogen) atoms. The van der Waals surface area contributed by atoms with Crippen molar-refractivity contribution in [2.45, 2.75) is 26.9 Å². The van der Waals surface area contributed by atoms with Crippen LogP contribution in [0.3, 0.4) is 0 Å². The Kier molecular flexibility index (Phi) is 8.47. The van der Waals surface area contributed by atoms with E-state index in [1.165, 1.54) is 5.56 Å². The van der Waals surface area contributed by atoms with Crippen molar-refractivity contribution >= 4 is 6.03 Å². The molecule has 0 aliphatic heterocycles. The Bertz CT molecular complexity index is 402. The molecule has 0 fully saturated rings. The maximum atomic E-state index is 11.5. The lowest BCUT2D eigenvalue weighted by Crippen LogP contribution is -2.36. The highest BCUT2D eigenvalue weighted by Gasteiger charge is 2.02. The summed E-state index contributed by atoms with van der Waals surface area (Å²) in [6.45, 7) is 9.00. The Labute approximate surface area is 127 Å². The normalized spacial score (nSPS) is 10.7. The van der Waals surface area contributed by atoms with Gasteiger partial charge < -0.3 is 15.4 Å². The van der Waals surface area contributed by atoms with Crippen LogP contribution in [0.5, 0.6) is 0 Å². The zero-order chi connectivity index (χ0) is 15.5. The Morgan fingerprint density at radius 3 is 2.29 bits per heavy atom. The first-order valence-corrected chi connectivity index (χ1v) is 7.50. The van der Waals surface area contributed by atoms with Gasteiger partial charge in [0.05, 0.1) is 6.61 Å². The van der Waals surface area contributed by atoms with Crippen molar-refractivity contribution in [2.24, 2.45) is 0 Å². The van der Waals surface area contributed by atoms with Crippen LogP contribution in [0.2, 0.25) is 0 Å². The maximum absolute atomic E-state index is 11.5. The van der Waals surface area contributed by atoms with Crippen LogP contribution in [0.4, 0.5) is 4.79 Å². The standard InChI is InChI=1S/C16H27N3O2/c1-4-19(5-2)13-15-8-6-14(7-9-15)12-18-16(20)17-10-11-21-3/h6-9H,4-5,10-13H2,1-3H3,(H2,17,18,20). The molecule has 0 aliphatic carbocycles. The minimum absolute atomic E-state index is 0.167. The number of nitrogens with zero attached hydrogens (tertiary/aromatic N) is 1. The summed E-state index contributed by atoms with van der Waals surface area (Å²) in [5.41, 5.74) is 2.40. The van der Waals surface area contributed by atoms with Gasteiger partial charge in [-0.1, -0.05) is 38.1 Å². The fourth-order valence-electron chi connectivity index (χ4n) is 1.98. The molecule has 0 saturated carbocycles. The second kappa shape index (κ2) is 10.2. The smallest absolute Gasteiger partial charge is 0.315 e. The molecule has 1 aromatic carbocycles. The molecule has 5 nitrogen and oxygen atoms in total. The lowest BCUT2D eigenvalue weighted by atomic mass is 10.1. The van der Waals surface area contributed by atoms with Crippen LogP contribution in [0.25, 0.3) is 0 Å². The summed E-state index contributed by atoms with van der Waals surface area (Å²) in [7, 11) is 1.61. The van der Waals surface area contributed by atoms with E-state index in [2.05, 4.69) is 53.6 Å². The quantitative estimate of drug-likeness (QED) is 0.685. The number of amides is 2. The van der Waals surface area contributed by atoms with E-state index in [0.29, 0.717) is 19.7 Å². The third kappa shape index (κ3) is 7.11. The summed E-state index contributed by atoms with van der Waals surface area (Å²) in [5, 5.41) is 5.55. The minimum atomic E-state index is -0.167. The van der Waals surface area contributed by atoms with E-state index < -0.39 is 0 Å². The van der Waals surface area contributed by atoms with Crippen LogP contribution in [-0.2, 0) is 17.8 Å². The highest BCUT2D eigenvalue weighted by molar-refractivity contribution is 5.73. The number of carbonyl (C=O) groups is 1. The summed E-state index contributed by atoms with van der Waals surface area (Å²) >= 11 is 0. The third-order valence-electron chi connectivity index (χ3n) is 3.37. The number of urea groups is 1. The van der Waals surface area contributed by atoms with Gasteiger partial charge >= 0.3 is 6.03 Å². The van der Waals surface area contributed by atoms with Crippen molar-refractivity contribution in [1.82, 2.24) is 15.5 Å². The number of carbonyl (C=O) groups excluding carboxylic acids is 1. The van der Waals surface area contributed by atoms with E-state index >= 15 is 0 Å². The highest BCUT2D eigenvalue weighted by Crippen LogP contribution is 2.07. The first kappa shape index (κ1) is 17.5. The molecule has 0 atom stereocenters. The summed E-state index contributed by atoms with van der Waals surface area (Å²) in [6, 6.07) is 8.21. The zero-order valence-electron chi connectivity index (χ0n) is 13.3. The van der Waals surface area contributed by atoms with Crippen LogP contribution in [0.1, 0.15) is 25.0 Å². The summed E-state index contributed by atoms with van der Waals surface area (Å²) in [6.07, 6.45) is 0.